The van der Waals surface area contributed by atoms with E-state index in [4.69, 9.17) is 11.6 Å². The summed E-state index contributed by atoms with van der Waals surface area (Å²) in [5.41, 5.74) is -0.239. The molecule has 0 aliphatic rings. The highest BCUT2D eigenvalue weighted by Crippen LogP contribution is 2.25. The summed E-state index contributed by atoms with van der Waals surface area (Å²) >= 11 is 5.80. The molecule has 108 valence electrons. The summed E-state index contributed by atoms with van der Waals surface area (Å²) in [5.74, 6) is -0.747. The first-order chi connectivity index (χ1) is 8.57. The second kappa shape index (κ2) is 5.75. The van der Waals surface area contributed by atoms with Gasteiger partial charge >= 0.3 is 0 Å². The Labute approximate surface area is 118 Å². The van der Waals surface area contributed by atoms with Gasteiger partial charge in [0.15, 0.2) is 0 Å². The average Bonchev–Trinajstić information content (AvgIpc) is 2.21. The predicted octanol–water partition coefficient (Wildman–Crippen LogP) is 2.28. The molecule has 0 aromatic heterocycles. The van der Waals surface area contributed by atoms with Gasteiger partial charge in [0.25, 0.3) is 0 Å². The van der Waals surface area contributed by atoms with Crippen molar-refractivity contribution in [1.29, 1.82) is 0 Å². The molecule has 0 spiro atoms. The topological polar surface area (TPSA) is 58.2 Å². The van der Waals surface area contributed by atoms with Crippen LogP contribution in [0.2, 0.25) is 5.02 Å². The zero-order valence-electron chi connectivity index (χ0n) is 11.3. The summed E-state index contributed by atoms with van der Waals surface area (Å²) in [5, 5.41) is 2.75. The maximum absolute atomic E-state index is 13.7. The van der Waals surface area contributed by atoms with Crippen LogP contribution in [0, 0.1) is 5.82 Å². The third kappa shape index (κ3) is 4.42. The lowest BCUT2D eigenvalue weighted by Crippen LogP contribution is -2.40. The fourth-order valence-electron chi connectivity index (χ4n) is 1.55. The lowest BCUT2D eigenvalue weighted by molar-refractivity contribution is 0.490. The molecule has 7 heteroatoms. The number of hydrogen-bond donors (Lipinski definition) is 2. The zero-order chi connectivity index (χ0) is 14.8. The van der Waals surface area contributed by atoms with E-state index in [-0.39, 0.29) is 16.5 Å². The first-order valence-corrected chi connectivity index (χ1v) is 7.59. The molecule has 19 heavy (non-hydrogen) atoms. The van der Waals surface area contributed by atoms with Crippen LogP contribution >= 0.6 is 11.6 Å². The van der Waals surface area contributed by atoms with Crippen molar-refractivity contribution in [2.45, 2.75) is 37.8 Å². The molecule has 0 saturated carbocycles. The van der Waals surface area contributed by atoms with Gasteiger partial charge in [0, 0.05) is 12.1 Å². The summed E-state index contributed by atoms with van der Waals surface area (Å²) in [6.07, 6.45) is 0. The van der Waals surface area contributed by atoms with Crippen LogP contribution < -0.4 is 10.0 Å². The Kier molecular flexibility index (Phi) is 4.95. The fraction of sp³-hybridized carbons (Fsp3) is 0.500. The van der Waals surface area contributed by atoms with E-state index >= 15 is 0 Å². The first kappa shape index (κ1) is 16.4. The largest absolute Gasteiger partial charge is 0.316 e. The van der Waals surface area contributed by atoms with Gasteiger partial charge < -0.3 is 5.32 Å². The maximum atomic E-state index is 13.7. The van der Waals surface area contributed by atoms with Crippen LogP contribution in [0.4, 0.5) is 4.39 Å². The molecule has 0 heterocycles. The standard InChI is InChI=1S/C12H18ClFN2O2S/c1-12(2,3)16-19(17,18)9-5-8(7-15-4)11(13)10(14)6-9/h5-6,15-16H,7H2,1-4H3. The van der Waals surface area contributed by atoms with Gasteiger partial charge in [-0.25, -0.2) is 17.5 Å². The van der Waals surface area contributed by atoms with Crippen molar-refractivity contribution in [3.05, 3.63) is 28.5 Å². The molecule has 1 aromatic carbocycles. The van der Waals surface area contributed by atoms with Crippen molar-refractivity contribution in [2.75, 3.05) is 7.05 Å². The Morgan fingerprint density at radius 1 is 1.32 bits per heavy atom. The highest BCUT2D eigenvalue weighted by molar-refractivity contribution is 7.89. The quantitative estimate of drug-likeness (QED) is 0.897. The van der Waals surface area contributed by atoms with Gasteiger partial charge in [-0.3, -0.25) is 0 Å². The highest BCUT2D eigenvalue weighted by Gasteiger charge is 2.24. The molecule has 0 fully saturated rings. The summed E-state index contributed by atoms with van der Waals surface area (Å²) in [6, 6.07) is 2.30. The summed E-state index contributed by atoms with van der Waals surface area (Å²) < 4.78 is 40.4. The molecule has 1 aromatic rings. The van der Waals surface area contributed by atoms with E-state index in [1.165, 1.54) is 6.07 Å². The van der Waals surface area contributed by atoms with E-state index in [1.807, 2.05) is 0 Å². The molecular weight excluding hydrogens is 291 g/mol. The molecule has 0 amide bonds. The SMILES string of the molecule is CNCc1cc(S(=O)(=O)NC(C)(C)C)cc(F)c1Cl. The third-order valence-electron chi connectivity index (χ3n) is 2.20. The van der Waals surface area contributed by atoms with Gasteiger partial charge in [-0.2, -0.15) is 0 Å². The molecule has 0 aliphatic heterocycles. The Morgan fingerprint density at radius 3 is 2.37 bits per heavy atom. The highest BCUT2D eigenvalue weighted by atomic mass is 35.5. The molecule has 1 rings (SSSR count). The van der Waals surface area contributed by atoms with Gasteiger partial charge in [0.1, 0.15) is 5.82 Å². The van der Waals surface area contributed by atoms with Crippen molar-refractivity contribution in [3.8, 4) is 0 Å². The predicted molar refractivity (Wildman–Crippen MR) is 74.2 cm³/mol. The monoisotopic (exact) mass is 308 g/mol. The van der Waals surface area contributed by atoms with Crippen LogP contribution in [0.3, 0.4) is 0 Å². The Hall–Kier alpha value is -0.690. The van der Waals surface area contributed by atoms with Crippen LogP contribution in [0.1, 0.15) is 26.3 Å². The molecule has 2 N–H and O–H groups in total. The minimum absolute atomic E-state index is 0.0657. The first-order valence-electron chi connectivity index (χ1n) is 5.73. The van der Waals surface area contributed by atoms with Crippen LogP contribution in [0.5, 0.6) is 0 Å². The van der Waals surface area contributed by atoms with Crippen molar-refractivity contribution in [3.63, 3.8) is 0 Å². The van der Waals surface area contributed by atoms with E-state index in [0.29, 0.717) is 5.56 Å². The van der Waals surface area contributed by atoms with Crippen molar-refractivity contribution in [1.82, 2.24) is 10.0 Å². The minimum atomic E-state index is -3.77. The smallest absolute Gasteiger partial charge is 0.241 e. The molecule has 0 saturated heterocycles. The third-order valence-corrected chi connectivity index (χ3v) is 4.36. The second-order valence-corrected chi connectivity index (χ2v) is 7.32. The van der Waals surface area contributed by atoms with Gasteiger partial charge in [0.05, 0.1) is 9.92 Å². The van der Waals surface area contributed by atoms with Gasteiger partial charge in [0.2, 0.25) is 10.0 Å². The van der Waals surface area contributed by atoms with Crippen LogP contribution in [-0.4, -0.2) is 21.0 Å². The van der Waals surface area contributed by atoms with Crippen LogP contribution in [0.15, 0.2) is 17.0 Å². The van der Waals surface area contributed by atoms with E-state index in [2.05, 4.69) is 10.0 Å². The Bertz CT molecular complexity index is 568. The number of nitrogens with one attached hydrogen (secondary N) is 2. The molecule has 0 unspecified atom stereocenters. The second-order valence-electron chi connectivity index (χ2n) is 5.26. The maximum Gasteiger partial charge on any atom is 0.241 e. The Balaban J connectivity index is 3.28. The van der Waals surface area contributed by atoms with Gasteiger partial charge in [-0.15, -0.1) is 0 Å². The van der Waals surface area contributed by atoms with E-state index < -0.39 is 21.4 Å². The van der Waals surface area contributed by atoms with E-state index in [9.17, 15) is 12.8 Å². The van der Waals surface area contributed by atoms with Crippen LogP contribution in [0.25, 0.3) is 0 Å². The van der Waals surface area contributed by atoms with Crippen molar-refractivity contribution < 1.29 is 12.8 Å². The summed E-state index contributed by atoms with van der Waals surface area (Å²) in [7, 11) is -2.11. The van der Waals surface area contributed by atoms with E-state index in [1.54, 1.807) is 27.8 Å². The van der Waals surface area contributed by atoms with E-state index in [0.717, 1.165) is 6.07 Å². The van der Waals surface area contributed by atoms with Crippen molar-refractivity contribution in [2.24, 2.45) is 0 Å². The molecule has 0 bridgehead atoms. The number of hydrogen-bond acceptors (Lipinski definition) is 3. The molecule has 0 atom stereocenters. The molecular formula is C12H18ClFN2O2S. The molecule has 0 aliphatic carbocycles. The van der Waals surface area contributed by atoms with Gasteiger partial charge in [-0.05, 0) is 45.5 Å². The zero-order valence-corrected chi connectivity index (χ0v) is 12.9. The summed E-state index contributed by atoms with van der Waals surface area (Å²) in [6.45, 7) is 5.43. The molecule has 4 nitrogen and oxygen atoms in total. The summed E-state index contributed by atoms with van der Waals surface area (Å²) in [4.78, 5) is -0.130. The number of rotatable bonds is 4. The lowest BCUT2D eigenvalue weighted by atomic mass is 10.1. The number of halogens is 2. The van der Waals surface area contributed by atoms with Gasteiger partial charge in [-0.1, -0.05) is 11.6 Å². The minimum Gasteiger partial charge on any atom is -0.316 e. The number of benzene rings is 1. The number of sulfonamides is 1. The average molecular weight is 309 g/mol. The van der Waals surface area contributed by atoms with Crippen LogP contribution in [-0.2, 0) is 16.6 Å². The lowest BCUT2D eigenvalue weighted by Gasteiger charge is -2.21. The normalized spacial score (nSPS) is 12.7. The molecule has 0 radical (unpaired) electrons. The van der Waals surface area contributed by atoms with Crippen molar-refractivity contribution >= 4 is 21.6 Å². The Morgan fingerprint density at radius 2 is 1.89 bits per heavy atom. The fourth-order valence-corrected chi connectivity index (χ4v) is 3.21.